The number of nitrogens with zero attached hydrogens (tertiary/aromatic N) is 3. The maximum Gasteiger partial charge on any atom is 0.111 e. The fraction of sp³-hybridized carbons (Fsp3) is 0.300. The van der Waals surface area contributed by atoms with Gasteiger partial charge in [-0.25, -0.2) is 0 Å². The number of anilines is 2. The van der Waals surface area contributed by atoms with Crippen molar-refractivity contribution in [1.82, 2.24) is 4.57 Å². The van der Waals surface area contributed by atoms with Gasteiger partial charge in [0.05, 0.1) is 5.54 Å². The van der Waals surface area contributed by atoms with Gasteiger partial charge in [0, 0.05) is 35.7 Å². The van der Waals surface area contributed by atoms with Crippen molar-refractivity contribution in [1.29, 1.82) is 0 Å². The highest BCUT2D eigenvalue weighted by atomic mass is 15.5. The Labute approximate surface area is 136 Å². The predicted octanol–water partition coefficient (Wildman–Crippen LogP) is 4.08. The third-order valence-electron chi connectivity index (χ3n) is 5.80. The van der Waals surface area contributed by atoms with Gasteiger partial charge in [0.2, 0.25) is 0 Å². The molecule has 2 bridgehead atoms. The van der Waals surface area contributed by atoms with Gasteiger partial charge < -0.3 is 14.4 Å². The van der Waals surface area contributed by atoms with E-state index in [-0.39, 0.29) is 5.54 Å². The molecule has 1 aromatic heterocycles. The van der Waals surface area contributed by atoms with Crippen molar-refractivity contribution < 1.29 is 0 Å². The van der Waals surface area contributed by atoms with Gasteiger partial charge in [0.1, 0.15) is 12.0 Å². The van der Waals surface area contributed by atoms with Gasteiger partial charge in [-0.05, 0) is 32.0 Å². The second-order valence-electron chi connectivity index (χ2n) is 7.04. The Bertz CT molecular complexity index is 926. The summed E-state index contributed by atoms with van der Waals surface area (Å²) in [5, 5.41) is 1.31. The van der Waals surface area contributed by atoms with E-state index in [1.807, 2.05) is 0 Å². The SMILES string of the molecule is C[C@H]1N2CC(C)(c3ccccc32)N1c1cc2ccccc2n1C. The minimum atomic E-state index is 0.0398. The van der Waals surface area contributed by atoms with Crippen LogP contribution in [-0.2, 0) is 12.6 Å². The van der Waals surface area contributed by atoms with Gasteiger partial charge in [0.25, 0.3) is 0 Å². The van der Waals surface area contributed by atoms with Crippen molar-refractivity contribution in [3.63, 3.8) is 0 Å². The second-order valence-corrected chi connectivity index (χ2v) is 7.04. The standard InChI is InChI=1S/C20H21N3/c1-14-22-13-20(2,16-9-5-7-11-18(16)22)23(14)19-12-15-8-4-6-10-17(15)21(19)3/h4-12,14H,13H2,1-3H3/t14-,20?/m0/s1. The number of hydrogen-bond acceptors (Lipinski definition) is 2. The zero-order chi connectivity index (χ0) is 15.8. The molecular formula is C20H21N3. The molecule has 1 saturated heterocycles. The molecule has 1 unspecified atom stereocenters. The lowest BCUT2D eigenvalue weighted by atomic mass is 9.92. The number of aryl methyl sites for hydroxylation is 1. The zero-order valence-corrected chi connectivity index (χ0v) is 13.8. The zero-order valence-electron chi connectivity index (χ0n) is 13.8. The van der Waals surface area contributed by atoms with E-state index in [1.165, 1.54) is 28.0 Å². The van der Waals surface area contributed by atoms with E-state index >= 15 is 0 Å². The molecule has 0 N–H and O–H groups in total. The predicted molar refractivity (Wildman–Crippen MR) is 96.0 cm³/mol. The second kappa shape index (κ2) is 4.10. The van der Waals surface area contributed by atoms with E-state index in [0.29, 0.717) is 6.17 Å². The highest BCUT2D eigenvalue weighted by Crippen LogP contribution is 2.52. The third kappa shape index (κ3) is 1.45. The molecule has 2 atom stereocenters. The first-order valence-electron chi connectivity index (χ1n) is 8.31. The maximum atomic E-state index is 2.59. The van der Waals surface area contributed by atoms with Gasteiger partial charge >= 0.3 is 0 Å². The molecule has 3 aromatic rings. The largest absolute Gasteiger partial charge is 0.348 e. The monoisotopic (exact) mass is 303 g/mol. The Morgan fingerprint density at radius 2 is 1.78 bits per heavy atom. The Morgan fingerprint density at radius 3 is 2.61 bits per heavy atom. The fourth-order valence-corrected chi connectivity index (χ4v) is 4.72. The summed E-state index contributed by atoms with van der Waals surface area (Å²) in [7, 11) is 2.18. The maximum absolute atomic E-state index is 2.59. The van der Waals surface area contributed by atoms with E-state index < -0.39 is 0 Å². The molecule has 116 valence electrons. The molecule has 3 nitrogen and oxygen atoms in total. The minimum absolute atomic E-state index is 0.0398. The molecule has 1 fully saturated rings. The lowest BCUT2D eigenvalue weighted by molar-refractivity contribution is 0.501. The van der Waals surface area contributed by atoms with Crippen molar-refractivity contribution in [2.75, 3.05) is 16.3 Å². The molecule has 3 heteroatoms. The number of aromatic nitrogens is 1. The van der Waals surface area contributed by atoms with E-state index in [1.54, 1.807) is 0 Å². The Hall–Kier alpha value is -2.42. The van der Waals surface area contributed by atoms with Crippen LogP contribution in [-0.4, -0.2) is 17.3 Å². The van der Waals surface area contributed by atoms with Crippen LogP contribution in [0.4, 0.5) is 11.5 Å². The quantitative estimate of drug-likeness (QED) is 0.671. The van der Waals surface area contributed by atoms with Crippen LogP contribution in [0.25, 0.3) is 10.9 Å². The molecular weight excluding hydrogens is 282 g/mol. The van der Waals surface area contributed by atoms with Crippen molar-refractivity contribution >= 4 is 22.4 Å². The van der Waals surface area contributed by atoms with Crippen LogP contribution >= 0.6 is 0 Å². The topological polar surface area (TPSA) is 11.4 Å². The molecule has 2 aliphatic heterocycles. The number of para-hydroxylation sites is 2. The minimum Gasteiger partial charge on any atom is -0.348 e. The van der Waals surface area contributed by atoms with Gasteiger partial charge in [-0.15, -0.1) is 0 Å². The van der Waals surface area contributed by atoms with Gasteiger partial charge in [-0.2, -0.15) is 0 Å². The normalized spacial score (nSPS) is 25.4. The molecule has 2 aromatic carbocycles. The van der Waals surface area contributed by atoms with Gasteiger partial charge in [-0.1, -0.05) is 36.4 Å². The summed E-state index contributed by atoms with van der Waals surface area (Å²) in [6.45, 7) is 5.76. The third-order valence-corrected chi connectivity index (χ3v) is 5.80. The van der Waals surface area contributed by atoms with Crippen molar-refractivity contribution in [3.05, 3.63) is 60.2 Å². The highest BCUT2D eigenvalue weighted by molar-refractivity contribution is 5.86. The number of rotatable bonds is 1. The number of hydrogen-bond donors (Lipinski definition) is 0. The van der Waals surface area contributed by atoms with Crippen molar-refractivity contribution in [2.24, 2.45) is 7.05 Å². The number of benzene rings is 2. The molecule has 3 heterocycles. The molecule has 0 amide bonds. The summed E-state index contributed by atoms with van der Waals surface area (Å²) >= 11 is 0. The van der Waals surface area contributed by atoms with Crippen LogP contribution in [0, 0.1) is 0 Å². The van der Waals surface area contributed by atoms with E-state index in [4.69, 9.17) is 0 Å². The molecule has 0 saturated carbocycles. The summed E-state index contributed by atoms with van der Waals surface area (Å²) in [5.74, 6) is 1.30. The molecule has 5 rings (SSSR count). The summed E-state index contributed by atoms with van der Waals surface area (Å²) < 4.78 is 2.33. The summed E-state index contributed by atoms with van der Waals surface area (Å²) in [5.41, 5.74) is 4.18. The average molecular weight is 303 g/mol. The summed E-state index contributed by atoms with van der Waals surface area (Å²) in [6.07, 6.45) is 0.373. The van der Waals surface area contributed by atoms with E-state index in [0.717, 1.165) is 6.54 Å². The lowest BCUT2D eigenvalue weighted by Crippen LogP contribution is -2.47. The molecule has 2 aliphatic rings. The Balaban J connectivity index is 1.74. The van der Waals surface area contributed by atoms with Crippen LogP contribution in [0.3, 0.4) is 0 Å². The van der Waals surface area contributed by atoms with E-state index in [9.17, 15) is 0 Å². The van der Waals surface area contributed by atoms with Crippen LogP contribution in [0.5, 0.6) is 0 Å². The smallest absolute Gasteiger partial charge is 0.111 e. The van der Waals surface area contributed by atoms with Crippen molar-refractivity contribution in [2.45, 2.75) is 25.6 Å². The van der Waals surface area contributed by atoms with Gasteiger partial charge in [-0.3, -0.25) is 0 Å². The Morgan fingerprint density at radius 1 is 1.04 bits per heavy atom. The Kier molecular flexibility index (Phi) is 2.33. The van der Waals surface area contributed by atoms with Crippen LogP contribution in [0.2, 0.25) is 0 Å². The van der Waals surface area contributed by atoms with Crippen LogP contribution in [0.15, 0.2) is 54.6 Å². The summed E-state index contributed by atoms with van der Waals surface area (Å²) in [4.78, 5) is 5.13. The van der Waals surface area contributed by atoms with Gasteiger partial charge in [0.15, 0.2) is 0 Å². The lowest BCUT2D eigenvalue weighted by Gasteiger charge is -2.42. The fourth-order valence-electron chi connectivity index (χ4n) is 4.72. The molecule has 0 radical (unpaired) electrons. The highest BCUT2D eigenvalue weighted by Gasteiger charge is 2.54. The average Bonchev–Trinajstić information content (AvgIpc) is 3.14. The summed E-state index contributed by atoms with van der Waals surface area (Å²) in [6, 6.07) is 19.8. The first kappa shape index (κ1) is 13.1. The van der Waals surface area contributed by atoms with Crippen molar-refractivity contribution in [3.8, 4) is 0 Å². The van der Waals surface area contributed by atoms with E-state index in [2.05, 4.69) is 89.9 Å². The number of fused-ring (bicyclic) bond motifs is 6. The first-order valence-corrected chi connectivity index (χ1v) is 8.31. The molecule has 0 aliphatic carbocycles. The first-order chi connectivity index (χ1) is 11.1. The van der Waals surface area contributed by atoms with Crippen LogP contribution < -0.4 is 9.80 Å². The molecule has 0 spiro atoms. The molecule has 23 heavy (non-hydrogen) atoms. The van der Waals surface area contributed by atoms with Crippen LogP contribution in [0.1, 0.15) is 19.4 Å².